The molecular weight excluding hydrogens is 206 g/mol. The van der Waals surface area contributed by atoms with E-state index in [0.717, 1.165) is 0 Å². The van der Waals surface area contributed by atoms with Gasteiger partial charge in [0.2, 0.25) is 0 Å². The third-order valence-corrected chi connectivity index (χ3v) is 3.25. The summed E-state index contributed by atoms with van der Waals surface area (Å²) in [6.07, 6.45) is 1.20. The van der Waals surface area contributed by atoms with Crippen LogP contribution in [0.2, 0.25) is 0 Å². The molecule has 2 N–H and O–H groups in total. The lowest BCUT2D eigenvalue weighted by Crippen LogP contribution is -2.70. The fraction of sp³-hybridized carbons (Fsp3) is 0.250. The highest BCUT2D eigenvalue weighted by Gasteiger charge is 2.04. The molecule has 0 heterocycles. The summed E-state index contributed by atoms with van der Waals surface area (Å²) in [4.78, 5) is 0. The lowest BCUT2D eigenvalue weighted by molar-refractivity contribution is -0.478. The van der Waals surface area contributed by atoms with Gasteiger partial charge >= 0.3 is 0 Å². The summed E-state index contributed by atoms with van der Waals surface area (Å²) in [7, 11) is 0. The molecule has 0 aliphatic heterocycles. The maximum atomic E-state index is 2.27. The summed E-state index contributed by atoms with van der Waals surface area (Å²) < 4.78 is 0. The maximum absolute atomic E-state index is 2.27. The van der Waals surface area contributed by atoms with Crippen LogP contribution in [0.25, 0.3) is 0 Å². The number of hydrogen-bond donors (Lipinski definition) is 1. The van der Waals surface area contributed by atoms with Gasteiger partial charge in [0.1, 0.15) is 11.4 Å². The van der Waals surface area contributed by atoms with Crippen LogP contribution >= 0.6 is 0 Å². The van der Waals surface area contributed by atoms with E-state index in [1.807, 2.05) is 6.07 Å². The van der Waals surface area contributed by atoms with Gasteiger partial charge in [0, 0.05) is 0 Å². The van der Waals surface area contributed by atoms with E-state index in [9.17, 15) is 0 Å². The molecule has 1 atom stereocenters. The van der Waals surface area contributed by atoms with Gasteiger partial charge in [-0.1, -0.05) is 44.2 Å². The van der Waals surface area contributed by atoms with E-state index in [1.54, 1.807) is 0 Å². The molecule has 0 aromatic heterocycles. The average Bonchev–Trinajstić information content (AvgIpc) is 2.40. The number of quaternary nitrogens is 1. The zero-order valence-corrected chi connectivity index (χ0v) is 10.6. The molecular formula is C16H20N+. The average molecular weight is 226 g/mol. The minimum absolute atomic E-state index is 0.653. The fourth-order valence-electron chi connectivity index (χ4n) is 1.90. The van der Waals surface area contributed by atoms with Crippen LogP contribution in [-0.4, -0.2) is 0 Å². The molecule has 0 aliphatic rings. The van der Waals surface area contributed by atoms with Crippen molar-refractivity contribution in [2.45, 2.75) is 26.2 Å². The monoisotopic (exact) mass is 226 g/mol. The summed E-state index contributed by atoms with van der Waals surface area (Å²) >= 11 is 0. The van der Waals surface area contributed by atoms with Crippen molar-refractivity contribution in [1.29, 1.82) is 0 Å². The quantitative estimate of drug-likeness (QED) is 0.765. The van der Waals surface area contributed by atoms with Crippen LogP contribution in [-0.2, 0) is 0 Å². The first-order chi connectivity index (χ1) is 8.29. The van der Waals surface area contributed by atoms with Crippen LogP contribution in [0.15, 0.2) is 54.6 Å². The van der Waals surface area contributed by atoms with Crippen molar-refractivity contribution in [1.82, 2.24) is 0 Å². The largest absolute Gasteiger partial charge is 0.282 e. The maximum Gasteiger partial charge on any atom is 0.134 e. The summed E-state index contributed by atoms with van der Waals surface area (Å²) in [6.45, 7) is 4.50. The second-order valence-corrected chi connectivity index (χ2v) is 4.53. The van der Waals surface area contributed by atoms with E-state index in [-0.39, 0.29) is 0 Å². The zero-order chi connectivity index (χ0) is 12.1. The minimum Gasteiger partial charge on any atom is -0.282 e. The Morgan fingerprint density at radius 1 is 0.882 bits per heavy atom. The summed E-state index contributed by atoms with van der Waals surface area (Å²) in [5, 5.41) is 2.21. The van der Waals surface area contributed by atoms with Crippen LogP contribution in [0.1, 0.15) is 31.7 Å². The highest BCUT2D eigenvalue weighted by Crippen LogP contribution is 2.19. The van der Waals surface area contributed by atoms with Crippen LogP contribution in [0.4, 0.5) is 11.4 Å². The van der Waals surface area contributed by atoms with Crippen molar-refractivity contribution < 1.29 is 5.32 Å². The van der Waals surface area contributed by atoms with Crippen LogP contribution in [0, 0.1) is 0 Å². The van der Waals surface area contributed by atoms with Crippen molar-refractivity contribution >= 4 is 11.4 Å². The Balaban J connectivity index is 2.08. The molecule has 2 aromatic rings. The number of nitrogens with two attached hydrogens (primary N) is 1. The van der Waals surface area contributed by atoms with Gasteiger partial charge in [-0.15, -0.1) is 0 Å². The van der Waals surface area contributed by atoms with Gasteiger partial charge in [-0.2, -0.15) is 0 Å². The van der Waals surface area contributed by atoms with E-state index in [2.05, 4.69) is 67.7 Å². The smallest absolute Gasteiger partial charge is 0.134 e. The Morgan fingerprint density at radius 2 is 1.47 bits per heavy atom. The molecule has 2 rings (SSSR count). The van der Waals surface area contributed by atoms with E-state index in [4.69, 9.17) is 0 Å². The first-order valence-corrected chi connectivity index (χ1v) is 6.29. The van der Waals surface area contributed by atoms with Crippen molar-refractivity contribution in [3.05, 3.63) is 60.2 Å². The Hall–Kier alpha value is -1.60. The van der Waals surface area contributed by atoms with E-state index in [0.29, 0.717) is 5.92 Å². The molecule has 0 amide bonds. The summed E-state index contributed by atoms with van der Waals surface area (Å²) in [5.74, 6) is 0.653. The highest BCUT2D eigenvalue weighted by molar-refractivity contribution is 5.38. The van der Waals surface area contributed by atoms with Gasteiger partial charge in [-0.25, -0.2) is 0 Å². The van der Waals surface area contributed by atoms with Crippen molar-refractivity contribution in [3.8, 4) is 0 Å². The number of rotatable bonds is 4. The lowest BCUT2D eigenvalue weighted by Gasteiger charge is -2.08. The van der Waals surface area contributed by atoms with Crippen molar-refractivity contribution in [2.24, 2.45) is 0 Å². The Morgan fingerprint density at radius 3 is 2.06 bits per heavy atom. The SMILES string of the molecule is CCC(C)c1ccc([NH2+]c2ccccc2)cc1. The predicted octanol–water partition coefficient (Wildman–Crippen LogP) is 3.73. The van der Waals surface area contributed by atoms with Crippen LogP contribution in [0.3, 0.4) is 0 Å². The van der Waals surface area contributed by atoms with Crippen molar-refractivity contribution in [2.75, 3.05) is 0 Å². The predicted molar refractivity (Wildman–Crippen MR) is 72.8 cm³/mol. The molecule has 1 nitrogen and oxygen atoms in total. The number of hydrogen-bond acceptors (Lipinski definition) is 0. The van der Waals surface area contributed by atoms with E-state index in [1.165, 1.54) is 23.4 Å². The molecule has 0 saturated carbocycles. The Labute approximate surface area is 103 Å². The third kappa shape index (κ3) is 3.18. The molecule has 2 aromatic carbocycles. The molecule has 17 heavy (non-hydrogen) atoms. The molecule has 0 aliphatic carbocycles. The molecule has 0 fully saturated rings. The third-order valence-electron chi connectivity index (χ3n) is 3.25. The fourth-order valence-corrected chi connectivity index (χ4v) is 1.90. The lowest BCUT2D eigenvalue weighted by atomic mass is 9.99. The minimum atomic E-state index is 0.653. The molecule has 0 radical (unpaired) electrons. The van der Waals surface area contributed by atoms with Gasteiger partial charge < -0.3 is 0 Å². The molecule has 0 spiro atoms. The first kappa shape index (κ1) is 11.9. The van der Waals surface area contributed by atoms with Gasteiger partial charge in [0.05, 0.1) is 0 Å². The summed E-state index contributed by atoms with van der Waals surface area (Å²) in [5.41, 5.74) is 3.95. The number of para-hydroxylation sites is 1. The standard InChI is InChI=1S/C16H19N/c1-3-13(2)14-9-11-16(12-10-14)17-15-7-5-4-6-8-15/h4-13,17H,3H2,1-2H3/p+1. The first-order valence-electron chi connectivity index (χ1n) is 6.29. The Bertz CT molecular complexity index is 445. The van der Waals surface area contributed by atoms with Gasteiger partial charge in [-0.05, 0) is 42.2 Å². The highest BCUT2D eigenvalue weighted by atomic mass is 14.9. The number of benzene rings is 2. The molecule has 88 valence electrons. The van der Waals surface area contributed by atoms with E-state index < -0.39 is 0 Å². The van der Waals surface area contributed by atoms with Gasteiger partial charge in [-0.3, -0.25) is 5.32 Å². The zero-order valence-electron chi connectivity index (χ0n) is 10.6. The molecule has 1 unspecified atom stereocenters. The molecule has 0 bridgehead atoms. The molecule has 0 saturated heterocycles. The topological polar surface area (TPSA) is 16.6 Å². The van der Waals surface area contributed by atoms with Gasteiger partial charge in [0.15, 0.2) is 0 Å². The Kier molecular flexibility index (Phi) is 3.94. The second kappa shape index (κ2) is 5.65. The normalized spacial score (nSPS) is 12.4. The van der Waals surface area contributed by atoms with Gasteiger partial charge in [0.25, 0.3) is 0 Å². The summed E-state index contributed by atoms with van der Waals surface area (Å²) in [6, 6.07) is 19.3. The van der Waals surface area contributed by atoms with E-state index >= 15 is 0 Å². The molecule has 1 heteroatoms. The van der Waals surface area contributed by atoms with Crippen LogP contribution in [0.5, 0.6) is 0 Å². The van der Waals surface area contributed by atoms with Crippen molar-refractivity contribution in [3.63, 3.8) is 0 Å². The van der Waals surface area contributed by atoms with Crippen LogP contribution < -0.4 is 5.32 Å². The second-order valence-electron chi connectivity index (χ2n) is 4.53.